The molecule has 1 amide bonds. The summed E-state index contributed by atoms with van der Waals surface area (Å²) in [6.45, 7) is 0. The average Bonchev–Trinajstić information content (AvgIpc) is 2.48. The van der Waals surface area contributed by atoms with E-state index in [-0.39, 0.29) is 29.5 Å². The molecule has 114 valence electrons. The van der Waals surface area contributed by atoms with Crippen LogP contribution in [-0.4, -0.2) is 35.2 Å². The Morgan fingerprint density at radius 2 is 2.05 bits per heavy atom. The number of methoxy groups -OCH3 is 1. The molecule has 0 spiro atoms. The number of carbonyl (C=O) groups excluding carboxylic acids is 1. The first-order chi connectivity index (χ1) is 10.0. The molecule has 7 heteroatoms. The summed E-state index contributed by atoms with van der Waals surface area (Å²) in [5.41, 5.74) is 0.151. The van der Waals surface area contributed by atoms with Crippen LogP contribution in [0.3, 0.4) is 0 Å². The number of carbonyl (C=O) groups is 1. The highest BCUT2D eigenvalue weighted by molar-refractivity contribution is 5.95. The molecule has 1 aliphatic carbocycles. The lowest BCUT2D eigenvalue weighted by Gasteiger charge is -2.26. The molecule has 2 rings (SSSR count). The molecule has 2 N–H and O–H groups in total. The van der Waals surface area contributed by atoms with E-state index in [4.69, 9.17) is 4.74 Å². The normalized spacial score (nSPS) is 21.6. The highest BCUT2D eigenvalue weighted by Crippen LogP contribution is 2.27. The number of aliphatic hydroxyl groups excluding tert-OH is 1. The third-order valence-electron chi connectivity index (χ3n) is 3.67. The standard InChI is InChI=1S/C14H18N2O5/c1-21-13-8-9(2-7-12(13)16(19)20)14(18)15-10-3-5-11(17)6-4-10/h2,7-8,10-11,17H,3-6H2,1H3,(H,15,18)/t10-,11-. The minimum absolute atomic E-state index is 0.0297. The smallest absolute Gasteiger partial charge is 0.310 e. The first kappa shape index (κ1) is 15.2. The van der Waals surface area contributed by atoms with E-state index >= 15 is 0 Å². The van der Waals surface area contributed by atoms with Gasteiger partial charge < -0.3 is 15.2 Å². The van der Waals surface area contributed by atoms with Crippen molar-refractivity contribution in [2.45, 2.75) is 37.8 Å². The Hall–Kier alpha value is -2.15. The van der Waals surface area contributed by atoms with Crippen molar-refractivity contribution in [2.75, 3.05) is 7.11 Å². The Labute approximate surface area is 122 Å². The highest BCUT2D eigenvalue weighted by Gasteiger charge is 2.22. The van der Waals surface area contributed by atoms with E-state index in [9.17, 15) is 20.0 Å². The fourth-order valence-corrected chi connectivity index (χ4v) is 2.46. The maximum Gasteiger partial charge on any atom is 0.310 e. The van der Waals surface area contributed by atoms with Crippen molar-refractivity contribution < 1.29 is 19.6 Å². The molecule has 0 saturated heterocycles. The van der Waals surface area contributed by atoms with Gasteiger partial charge in [0.1, 0.15) is 0 Å². The highest BCUT2D eigenvalue weighted by atomic mass is 16.6. The van der Waals surface area contributed by atoms with Gasteiger partial charge in [-0.15, -0.1) is 0 Å². The van der Waals surface area contributed by atoms with Crippen LogP contribution in [-0.2, 0) is 0 Å². The minimum atomic E-state index is -0.553. The number of amides is 1. The van der Waals surface area contributed by atoms with Gasteiger partial charge in [0.2, 0.25) is 0 Å². The summed E-state index contributed by atoms with van der Waals surface area (Å²) < 4.78 is 4.95. The summed E-state index contributed by atoms with van der Waals surface area (Å²) in [5.74, 6) is -0.226. The predicted molar refractivity (Wildman–Crippen MR) is 75.4 cm³/mol. The third-order valence-corrected chi connectivity index (χ3v) is 3.67. The quantitative estimate of drug-likeness (QED) is 0.649. The van der Waals surface area contributed by atoms with Gasteiger partial charge in [-0.1, -0.05) is 0 Å². The maximum absolute atomic E-state index is 12.1. The number of nitrogens with zero attached hydrogens (tertiary/aromatic N) is 1. The number of hydrogen-bond acceptors (Lipinski definition) is 5. The van der Waals surface area contributed by atoms with E-state index in [0.29, 0.717) is 18.4 Å². The summed E-state index contributed by atoms with van der Waals surface area (Å²) in [5, 5.41) is 23.1. The Bertz CT molecular complexity index is 538. The Balaban J connectivity index is 2.07. The first-order valence-electron chi connectivity index (χ1n) is 6.82. The zero-order valence-electron chi connectivity index (χ0n) is 11.7. The molecule has 1 fully saturated rings. The van der Waals surface area contributed by atoms with Crippen LogP contribution in [0.25, 0.3) is 0 Å². The van der Waals surface area contributed by atoms with Crippen molar-refractivity contribution in [1.29, 1.82) is 0 Å². The number of nitro groups is 1. The lowest BCUT2D eigenvalue weighted by Crippen LogP contribution is -2.38. The van der Waals surface area contributed by atoms with Gasteiger partial charge >= 0.3 is 5.69 Å². The van der Waals surface area contributed by atoms with Gasteiger partial charge in [0.15, 0.2) is 5.75 Å². The van der Waals surface area contributed by atoms with Gasteiger partial charge in [-0.2, -0.15) is 0 Å². The predicted octanol–water partition coefficient (Wildman–Crippen LogP) is 1.64. The van der Waals surface area contributed by atoms with Crippen LogP contribution in [0.1, 0.15) is 36.0 Å². The lowest BCUT2D eigenvalue weighted by atomic mass is 9.93. The van der Waals surface area contributed by atoms with Gasteiger partial charge in [0.25, 0.3) is 5.91 Å². The second-order valence-corrected chi connectivity index (χ2v) is 5.12. The van der Waals surface area contributed by atoms with Crippen molar-refractivity contribution in [1.82, 2.24) is 5.32 Å². The summed E-state index contributed by atoms with van der Waals surface area (Å²) in [7, 11) is 1.33. The van der Waals surface area contributed by atoms with Crippen molar-refractivity contribution in [3.8, 4) is 5.75 Å². The van der Waals surface area contributed by atoms with Crippen molar-refractivity contribution >= 4 is 11.6 Å². The van der Waals surface area contributed by atoms with Crippen molar-refractivity contribution in [2.24, 2.45) is 0 Å². The largest absolute Gasteiger partial charge is 0.490 e. The van der Waals surface area contributed by atoms with Crippen LogP contribution in [0.4, 0.5) is 5.69 Å². The van der Waals surface area contributed by atoms with Crippen LogP contribution in [0.2, 0.25) is 0 Å². The summed E-state index contributed by atoms with van der Waals surface area (Å²) >= 11 is 0. The molecule has 0 aromatic heterocycles. The molecule has 0 bridgehead atoms. The number of rotatable bonds is 4. The molecule has 0 atom stereocenters. The zero-order valence-corrected chi connectivity index (χ0v) is 11.7. The van der Waals surface area contributed by atoms with Crippen LogP contribution in [0.15, 0.2) is 18.2 Å². The van der Waals surface area contributed by atoms with Crippen molar-refractivity contribution in [3.05, 3.63) is 33.9 Å². The molecule has 21 heavy (non-hydrogen) atoms. The van der Waals surface area contributed by atoms with Crippen LogP contribution >= 0.6 is 0 Å². The molecule has 0 heterocycles. The monoisotopic (exact) mass is 294 g/mol. The van der Waals surface area contributed by atoms with E-state index in [2.05, 4.69) is 5.32 Å². The first-order valence-corrected chi connectivity index (χ1v) is 6.82. The number of nitro benzene ring substituents is 1. The van der Waals surface area contributed by atoms with E-state index in [1.807, 2.05) is 0 Å². The molecule has 7 nitrogen and oxygen atoms in total. The summed E-state index contributed by atoms with van der Waals surface area (Å²) in [4.78, 5) is 22.4. The van der Waals surface area contributed by atoms with E-state index in [0.717, 1.165) is 12.8 Å². The average molecular weight is 294 g/mol. The Kier molecular flexibility index (Phi) is 4.74. The van der Waals surface area contributed by atoms with E-state index in [1.165, 1.54) is 25.3 Å². The fraction of sp³-hybridized carbons (Fsp3) is 0.500. The lowest BCUT2D eigenvalue weighted by molar-refractivity contribution is -0.385. The van der Waals surface area contributed by atoms with E-state index < -0.39 is 4.92 Å². The molecule has 1 aromatic rings. The molecule has 1 aliphatic rings. The van der Waals surface area contributed by atoms with Gasteiger partial charge in [-0.25, -0.2) is 0 Å². The molecule has 0 unspecified atom stereocenters. The van der Waals surface area contributed by atoms with Gasteiger partial charge in [0.05, 0.1) is 18.1 Å². The number of ether oxygens (including phenoxy) is 1. The third kappa shape index (κ3) is 3.69. The molecule has 1 saturated carbocycles. The Morgan fingerprint density at radius 3 is 2.62 bits per heavy atom. The van der Waals surface area contributed by atoms with Gasteiger partial charge in [0, 0.05) is 23.7 Å². The maximum atomic E-state index is 12.1. The number of benzene rings is 1. The summed E-state index contributed by atoms with van der Waals surface area (Å²) in [6, 6.07) is 4.07. The molecule has 0 aliphatic heterocycles. The van der Waals surface area contributed by atoms with E-state index in [1.54, 1.807) is 0 Å². The molecular weight excluding hydrogens is 276 g/mol. The molecule has 0 radical (unpaired) electrons. The number of hydrogen-bond donors (Lipinski definition) is 2. The molecule has 1 aromatic carbocycles. The van der Waals surface area contributed by atoms with Gasteiger partial charge in [-0.05, 0) is 31.7 Å². The fourth-order valence-electron chi connectivity index (χ4n) is 2.46. The number of nitrogens with one attached hydrogen (secondary N) is 1. The zero-order chi connectivity index (χ0) is 15.4. The Morgan fingerprint density at radius 1 is 1.38 bits per heavy atom. The second kappa shape index (κ2) is 6.53. The molecular formula is C14H18N2O5. The van der Waals surface area contributed by atoms with Crippen LogP contribution < -0.4 is 10.1 Å². The SMILES string of the molecule is COc1cc(C(=O)N[C@H]2CC[C@H](O)CC2)ccc1[N+](=O)[O-]. The second-order valence-electron chi connectivity index (χ2n) is 5.12. The topological polar surface area (TPSA) is 102 Å². The van der Waals surface area contributed by atoms with Gasteiger partial charge in [-0.3, -0.25) is 14.9 Å². The van der Waals surface area contributed by atoms with Crippen molar-refractivity contribution in [3.63, 3.8) is 0 Å². The van der Waals surface area contributed by atoms with Crippen LogP contribution in [0, 0.1) is 10.1 Å². The van der Waals surface area contributed by atoms with Crippen LogP contribution in [0.5, 0.6) is 5.75 Å². The summed E-state index contributed by atoms with van der Waals surface area (Å²) in [6.07, 6.45) is 2.54. The minimum Gasteiger partial charge on any atom is -0.490 e. The number of aliphatic hydroxyl groups is 1.